The third kappa shape index (κ3) is 3.54. The average molecular weight is 497 g/mol. The van der Waals surface area contributed by atoms with Crippen LogP contribution in [0.5, 0.6) is 0 Å². The Morgan fingerprint density at radius 1 is 1.12 bits per heavy atom. The Labute approximate surface area is 194 Å². The third-order valence-electron chi connectivity index (χ3n) is 7.38. The molecule has 1 heterocycles. The Hall–Kier alpha value is -2.60. The predicted octanol–water partition coefficient (Wildman–Crippen LogP) is 7.13. The molecule has 2 aromatic carbocycles. The van der Waals surface area contributed by atoms with E-state index < -0.39 is 5.82 Å². The fraction of sp³-hybridized carbons (Fsp3) is 0.308. The molecule has 0 aliphatic heterocycles. The molecule has 0 saturated heterocycles. The molecule has 2 fully saturated rings. The highest BCUT2D eigenvalue weighted by Gasteiger charge is 2.54. The zero-order valence-electron chi connectivity index (χ0n) is 17.5. The number of nitrogens with one attached hydrogen (secondary N) is 1. The first-order valence-electron chi connectivity index (χ1n) is 10.9. The van der Waals surface area contributed by atoms with E-state index in [0.29, 0.717) is 10.9 Å². The van der Waals surface area contributed by atoms with Gasteiger partial charge in [0.05, 0.1) is 17.1 Å². The minimum Gasteiger partial charge on any atom is -0.323 e. The van der Waals surface area contributed by atoms with Crippen LogP contribution in [0.3, 0.4) is 0 Å². The van der Waals surface area contributed by atoms with E-state index in [1.165, 1.54) is 12.1 Å². The van der Waals surface area contributed by atoms with Crippen molar-refractivity contribution >= 4 is 38.4 Å². The molecule has 3 nitrogen and oxygen atoms in total. The Bertz CT molecular complexity index is 1230. The number of allylic oxidation sites excluding steroid dienone is 1. The molecule has 2 aliphatic rings. The van der Waals surface area contributed by atoms with Crippen molar-refractivity contribution < 1.29 is 13.6 Å². The summed E-state index contributed by atoms with van der Waals surface area (Å²) in [6.45, 7) is 4.25. The van der Waals surface area contributed by atoms with Gasteiger partial charge < -0.3 is 5.32 Å². The highest BCUT2D eigenvalue weighted by molar-refractivity contribution is 9.10. The van der Waals surface area contributed by atoms with Gasteiger partial charge in [-0.1, -0.05) is 28.1 Å². The summed E-state index contributed by atoms with van der Waals surface area (Å²) in [5.41, 5.74) is 2.99. The first kappa shape index (κ1) is 21.3. The van der Waals surface area contributed by atoms with E-state index in [1.54, 1.807) is 30.5 Å². The molecule has 1 atom stereocenters. The van der Waals surface area contributed by atoms with Gasteiger partial charge in [0.15, 0.2) is 0 Å². The van der Waals surface area contributed by atoms with Crippen LogP contribution in [0.4, 0.5) is 14.5 Å². The van der Waals surface area contributed by atoms with Crippen LogP contribution in [-0.4, -0.2) is 10.9 Å². The number of nitrogens with zero attached hydrogens (tertiary/aromatic N) is 1. The topological polar surface area (TPSA) is 42.0 Å². The number of benzene rings is 2. The van der Waals surface area contributed by atoms with E-state index in [-0.39, 0.29) is 34.7 Å². The van der Waals surface area contributed by atoms with Gasteiger partial charge in [-0.3, -0.25) is 9.78 Å². The number of pyridine rings is 1. The normalized spacial score (nSPS) is 25.0. The van der Waals surface area contributed by atoms with Crippen molar-refractivity contribution in [3.05, 3.63) is 82.5 Å². The second-order valence-electron chi connectivity index (χ2n) is 8.97. The predicted molar refractivity (Wildman–Crippen MR) is 125 cm³/mol. The van der Waals surface area contributed by atoms with E-state index in [1.807, 2.05) is 6.07 Å². The molecule has 164 valence electrons. The van der Waals surface area contributed by atoms with Crippen molar-refractivity contribution in [2.45, 2.75) is 38.0 Å². The zero-order valence-corrected chi connectivity index (χ0v) is 19.1. The highest BCUT2D eigenvalue weighted by Crippen LogP contribution is 2.61. The number of hydrogen-bond donors (Lipinski definition) is 1. The molecule has 32 heavy (non-hydrogen) atoms. The van der Waals surface area contributed by atoms with Gasteiger partial charge in [0.2, 0.25) is 5.91 Å². The number of hydrogen-bond acceptors (Lipinski definition) is 2. The van der Waals surface area contributed by atoms with Crippen LogP contribution in [0.15, 0.2) is 65.3 Å². The number of carbonyl (C=O) groups excluding carboxylic acids is 1. The molecule has 1 aromatic heterocycles. The number of aromatic nitrogens is 1. The maximum Gasteiger partial charge on any atom is 0.228 e. The Kier molecular flexibility index (Phi) is 5.36. The molecule has 0 unspecified atom stereocenters. The fourth-order valence-electron chi connectivity index (χ4n) is 5.56. The lowest BCUT2D eigenvalue weighted by Gasteiger charge is -2.54. The molecular formula is C26H23BrF2N2O. The monoisotopic (exact) mass is 496 g/mol. The molecule has 3 aromatic rings. The minimum absolute atomic E-state index is 0.145. The second-order valence-corrected chi connectivity index (χ2v) is 9.88. The van der Waals surface area contributed by atoms with E-state index >= 15 is 0 Å². The van der Waals surface area contributed by atoms with Crippen molar-refractivity contribution in [2.24, 2.45) is 11.3 Å². The number of carbonyl (C=O) groups is 1. The van der Waals surface area contributed by atoms with Crippen LogP contribution in [0, 0.1) is 23.0 Å². The van der Waals surface area contributed by atoms with Crippen molar-refractivity contribution in [3.8, 4) is 0 Å². The van der Waals surface area contributed by atoms with Gasteiger partial charge >= 0.3 is 0 Å². The summed E-state index contributed by atoms with van der Waals surface area (Å²) in [7, 11) is 0. The lowest BCUT2D eigenvalue weighted by Crippen LogP contribution is -2.50. The van der Waals surface area contributed by atoms with Crippen molar-refractivity contribution in [3.63, 3.8) is 0 Å². The van der Waals surface area contributed by atoms with Crippen molar-refractivity contribution in [1.82, 2.24) is 4.98 Å². The van der Waals surface area contributed by atoms with Crippen molar-refractivity contribution in [1.29, 1.82) is 0 Å². The standard InChI is InChI=1S/C26H23BrF2N2O/c1-15-12-21(25(32)31-24-4-2-17(27)13-22(24)29)26(15)9-6-16(7-10-26)19-8-11-30-23-5-3-18(28)14-20(19)23/h2-5,8,11,13-14,16,21H,1,6-7,9-10,12H2,(H,31,32)/t16?,21-,26?/m1/s1. The molecule has 0 bridgehead atoms. The Morgan fingerprint density at radius 2 is 1.91 bits per heavy atom. The quantitative estimate of drug-likeness (QED) is 0.391. The first-order valence-corrected chi connectivity index (χ1v) is 11.6. The summed E-state index contributed by atoms with van der Waals surface area (Å²) in [6, 6.07) is 11.3. The van der Waals surface area contributed by atoms with E-state index in [9.17, 15) is 13.6 Å². The van der Waals surface area contributed by atoms with Gasteiger partial charge in [-0.15, -0.1) is 0 Å². The van der Waals surface area contributed by atoms with Crippen LogP contribution in [-0.2, 0) is 4.79 Å². The van der Waals surface area contributed by atoms with E-state index in [0.717, 1.165) is 47.7 Å². The van der Waals surface area contributed by atoms with Crippen LogP contribution < -0.4 is 5.32 Å². The molecule has 1 amide bonds. The first-order chi connectivity index (χ1) is 15.4. The number of halogens is 3. The molecule has 0 radical (unpaired) electrons. The van der Waals surface area contributed by atoms with Gasteiger partial charge in [0.25, 0.3) is 0 Å². The van der Waals surface area contributed by atoms with Crippen LogP contribution in [0.2, 0.25) is 0 Å². The van der Waals surface area contributed by atoms with Crippen molar-refractivity contribution in [2.75, 3.05) is 5.32 Å². The van der Waals surface area contributed by atoms with Gasteiger partial charge in [0.1, 0.15) is 11.6 Å². The largest absolute Gasteiger partial charge is 0.323 e. The lowest BCUT2D eigenvalue weighted by molar-refractivity contribution is -0.127. The van der Waals surface area contributed by atoms with Crippen LogP contribution in [0.25, 0.3) is 10.9 Å². The zero-order chi connectivity index (χ0) is 22.5. The third-order valence-corrected chi connectivity index (χ3v) is 7.88. The summed E-state index contributed by atoms with van der Waals surface area (Å²) in [6.07, 6.45) is 5.90. The molecule has 5 rings (SSSR count). The summed E-state index contributed by atoms with van der Waals surface area (Å²) in [5.74, 6) is -0.781. The smallest absolute Gasteiger partial charge is 0.228 e. The Balaban J connectivity index is 1.33. The summed E-state index contributed by atoms with van der Waals surface area (Å²) in [4.78, 5) is 17.4. The van der Waals surface area contributed by atoms with Crippen LogP contribution >= 0.6 is 15.9 Å². The average Bonchev–Trinajstić information content (AvgIpc) is 2.79. The maximum absolute atomic E-state index is 14.2. The SMILES string of the molecule is C=C1C[C@H](C(=O)Nc2ccc(Br)cc2F)C12CCC(c1ccnc3ccc(F)cc13)CC2. The lowest BCUT2D eigenvalue weighted by atomic mass is 9.49. The molecule has 1 N–H and O–H groups in total. The molecule has 1 spiro atoms. The molecule has 2 saturated carbocycles. The fourth-order valence-corrected chi connectivity index (χ4v) is 5.89. The number of anilines is 1. The number of amides is 1. The highest BCUT2D eigenvalue weighted by atomic mass is 79.9. The molecular weight excluding hydrogens is 474 g/mol. The number of fused-ring (bicyclic) bond motifs is 1. The molecule has 6 heteroatoms. The number of rotatable bonds is 3. The molecule has 2 aliphatic carbocycles. The maximum atomic E-state index is 14.2. The van der Waals surface area contributed by atoms with E-state index in [2.05, 4.69) is 32.8 Å². The van der Waals surface area contributed by atoms with Gasteiger partial charge in [-0.05, 0) is 86.1 Å². The summed E-state index contributed by atoms with van der Waals surface area (Å²) < 4.78 is 28.7. The van der Waals surface area contributed by atoms with Gasteiger partial charge in [0, 0.05) is 21.5 Å². The van der Waals surface area contributed by atoms with E-state index in [4.69, 9.17) is 0 Å². The Morgan fingerprint density at radius 3 is 2.62 bits per heavy atom. The van der Waals surface area contributed by atoms with Crippen LogP contribution in [0.1, 0.15) is 43.6 Å². The van der Waals surface area contributed by atoms with Gasteiger partial charge in [-0.25, -0.2) is 8.78 Å². The minimum atomic E-state index is -0.458. The summed E-state index contributed by atoms with van der Waals surface area (Å²) in [5, 5.41) is 3.64. The second kappa shape index (κ2) is 8.07. The van der Waals surface area contributed by atoms with Gasteiger partial charge in [-0.2, -0.15) is 0 Å². The summed E-state index contributed by atoms with van der Waals surface area (Å²) >= 11 is 3.24.